The fourth-order valence-corrected chi connectivity index (χ4v) is 4.42. The SMILES string of the molecule is CN1CCCc2cc([C@@H](CNC(=O)Cc3ccc(F)cc3)N3CCOCC3)ccc21. The van der Waals surface area contributed by atoms with Crippen LogP contribution in [0.3, 0.4) is 0 Å². The summed E-state index contributed by atoms with van der Waals surface area (Å²) in [6.07, 6.45) is 2.52. The molecular formula is C24H30FN3O2. The Morgan fingerprint density at radius 1 is 1.13 bits per heavy atom. The molecule has 0 spiro atoms. The Balaban J connectivity index is 1.47. The molecular weight excluding hydrogens is 381 g/mol. The van der Waals surface area contributed by atoms with E-state index in [2.05, 4.69) is 40.4 Å². The van der Waals surface area contributed by atoms with E-state index in [1.807, 2.05) is 0 Å². The Labute approximate surface area is 177 Å². The number of nitrogens with zero attached hydrogens (tertiary/aromatic N) is 2. The van der Waals surface area contributed by atoms with Crippen molar-refractivity contribution in [1.29, 1.82) is 0 Å². The average Bonchev–Trinajstić information content (AvgIpc) is 2.76. The number of hydrogen-bond acceptors (Lipinski definition) is 4. The third-order valence-electron chi connectivity index (χ3n) is 6.10. The normalized spacial score (nSPS) is 18.0. The van der Waals surface area contributed by atoms with Crippen LogP contribution in [0.2, 0.25) is 0 Å². The van der Waals surface area contributed by atoms with Crippen LogP contribution in [0.1, 0.15) is 29.2 Å². The van der Waals surface area contributed by atoms with E-state index >= 15 is 0 Å². The first kappa shape index (κ1) is 20.8. The van der Waals surface area contributed by atoms with Gasteiger partial charge in [0.25, 0.3) is 0 Å². The number of hydrogen-bond donors (Lipinski definition) is 1. The number of rotatable bonds is 6. The predicted molar refractivity (Wildman–Crippen MR) is 116 cm³/mol. The zero-order valence-corrected chi connectivity index (χ0v) is 17.6. The molecule has 4 rings (SSSR count). The van der Waals surface area contributed by atoms with Gasteiger partial charge in [0.05, 0.1) is 25.7 Å². The molecule has 2 aliphatic rings. The van der Waals surface area contributed by atoms with Crippen molar-refractivity contribution in [2.45, 2.75) is 25.3 Å². The Morgan fingerprint density at radius 2 is 1.90 bits per heavy atom. The zero-order chi connectivity index (χ0) is 20.9. The number of aryl methyl sites for hydroxylation is 1. The topological polar surface area (TPSA) is 44.8 Å². The van der Waals surface area contributed by atoms with Gasteiger partial charge in [-0.25, -0.2) is 4.39 Å². The first-order valence-corrected chi connectivity index (χ1v) is 10.8. The molecule has 0 aliphatic carbocycles. The monoisotopic (exact) mass is 411 g/mol. The molecule has 1 saturated heterocycles. The number of carbonyl (C=O) groups is 1. The maximum Gasteiger partial charge on any atom is 0.224 e. The van der Waals surface area contributed by atoms with Gasteiger partial charge in [-0.2, -0.15) is 0 Å². The smallest absolute Gasteiger partial charge is 0.224 e. The molecule has 30 heavy (non-hydrogen) atoms. The minimum absolute atomic E-state index is 0.0439. The number of nitrogens with one attached hydrogen (secondary N) is 1. The molecule has 5 nitrogen and oxygen atoms in total. The number of morpholine rings is 1. The Hall–Kier alpha value is -2.44. The van der Waals surface area contributed by atoms with E-state index in [0.717, 1.165) is 31.6 Å². The standard InChI is InChI=1S/C24H30FN3O2/c1-27-10-2-3-19-16-20(6-9-22(19)27)23(28-11-13-30-14-12-28)17-26-24(29)15-18-4-7-21(25)8-5-18/h4-9,16,23H,2-3,10-15,17H2,1H3,(H,26,29)/t23-/m1/s1. The molecule has 0 saturated carbocycles. The highest BCUT2D eigenvalue weighted by Gasteiger charge is 2.25. The molecule has 2 aromatic rings. The lowest BCUT2D eigenvalue weighted by atomic mass is 9.95. The van der Waals surface area contributed by atoms with Crippen LogP contribution < -0.4 is 10.2 Å². The molecule has 0 radical (unpaired) electrons. The molecule has 0 aromatic heterocycles. The fraction of sp³-hybridized carbons (Fsp3) is 0.458. The Morgan fingerprint density at radius 3 is 2.67 bits per heavy atom. The lowest BCUT2D eigenvalue weighted by Gasteiger charge is -2.36. The van der Waals surface area contributed by atoms with Crippen molar-refractivity contribution < 1.29 is 13.9 Å². The van der Waals surface area contributed by atoms with E-state index < -0.39 is 0 Å². The summed E-state index contributed by atoms with van der Waals surface area (Å²) >= 11 is 0. The molecule has 1 N–H and O–H groups in total. The van der Waals surface area contributed by atoms with Crippen LogP contribution in [-0.2, 0) is 22.4 Å². The molecule has 2 aromatic carbocycles. The molecule has 1 fully saturated rings. The Bertz CT molecular complexity index is 865. The van der Waals surface area contributed by atoms with Crippen molar-refractivity contribution in [1.82, 2.24) is 10.2 Å². The summed E-state index contributed by atoms with van der Waals surface area (Å²) < 4.78 is 18.6. The minimum Gasteiger partial charge on any atom is -0.379 e. The van der Waals surface area contributed by atoms with Crippen molar-refractivity contribution in [2.24, 2.45) is 0 Å². The van der Waals surface area contributed by atoms with Gasteiger partial charge in [-0.1, -0.05) is 24.3 Å². The van der Waals surface area contributed by atoms with Gasteiger partial charge in [-0.05, 0) is 47.7 Å². The molecule has 0 unspecified atom stereocenters. The molecule has 0 bridgehead atoms. The number of fused-ring (bicyclic) bond motifs is 1. The van der Waals surface area contributed by atoms with Crippen LogP contribution in [0, 0.1) is 5.82 Å². The zero-order valence-electron chi connectivity index (χ0n) is 17.6. The third-order valence-corrected chi connectivity index (χ3v) is 6.10. The number of benzene rings is 2. The fourth-order valence-electron chi connectivity index (χ4n) is 4.42. The summed E-state index contributed by atoms with van der Waals surface area (Å²) in [5, 5.41) is 3.10. The second-order valence-corrected chi connectivity index (χ2v) is 8.18. The predicted octanol–water partition coefficient (Wildman–Crippen LogP) is 2.94. The van der Waals surface area contributed by atoms with Crippen LogP contribution >= 0.6 is 0 Å². The van der Waals surface area contributed by atoms with E-state index in [9.17, 15) is 9.18 Å². The lowest BCUT2D eigenvalue weighted by molar-refractivity contribution is -0.120. The largest absolute Gasteiger partial charge is 0.379 e. The maximum absolute atomic E-state index is 13.1. The molecule has 6 heteroatoms. The van der Waals surface area contributed by atoms with Gasteiger partial charge in [-0.3, -0.25) is 9.69 Å². The number of halogens is 1. The van der Waals surface area contributed by atoms with Gasteiger partial charge in [0.2, 0.25) is 5.91 Å². The van der Waals surface area contributed by atoms with Gasteiger partial charge >= 0.3 is 0 Å². The summed E-state index contributed by atoms with van der Waals surface area (Å²) in [7, 11) is 2.15. The van der Waals surface area contributed by atoms with Crippen molar-refractivity contribution in [3.8, 4) is 0 Å². The quantitative estimate of drug-likeness (QED) is 0.794. The van der Waals surface area contributed by atoms with Crippen LogP contribution in [0.4, 0.5) is 10.1 Å². The second-order valence-electron chi connectivity index (χ2n) is 8.18. The van der Waals surface area contributed by atoms with Crippen LogP contribution in [0.5, 0.6) is 0 Å². The van der Waals surface area contributed by atoms with Gasteiger partial charge < -0.3 is 15.0 Å². The van der Waals surface area contributed by atoms with Crippen LogP contribution in [-0.4, -0.2) is 57.2 Å². The third kappa shape index (κ3) is 4.99. The number of carbonyl (C=O) groups excluding carboxylic acids is 1. The summed E-state index contributed by atoms with van der Waals surface area (Å²) in [5.41, 5.74) is 4.75. The van der Waals surface area contributed by atoms with E-state index in [-0.39, 0.29) is 24.2 Å². The summed E-state index contributed by atoms with van der Waals surface area (Å²) in [6, 6.07) is 13.0. The summed E-state index contributed by atoms with van der Waals surface area (Å²) in [5.74, 6) is -0.331. The van der Waals surface area contributed by atoms with E-state index in [1.54, 1.807) is 12.1 Å². The van der Waals surface area contributed by atoms with E-state index in [1.165, 1.54) is 35.4 Å². The van der Waals surface area contributed by atoms with Gasteiger partial charge in [0, 0.05) is 38.9 Å². The van der Waals surface area contributed by atoms with E-state index in [0.29, 0.717) is 19.8 Å². The number of anilines is 1. The van der Waals surface area contributed by atoms with Crippen molar-refractivity contribution in [3.05, 3.63) is 65.0 Å². The number of amides is 1. The first-order chi connectivity index (χ1) is 14.6. The van der Waals surface area contributed by atoms with Gasteiger partial charge in [-0.15, -0.1) is 0 Å². The van der Waals surface area contributed by atoms with Gasteiger partial charge in [0.15, 0.2) is 0 Å². The van der Waals surface area contributed by atoms with Crippen molar-refractivity contribution in [3.63, 3.8) is 0 Å². The summed E-state index contributed by atoms with van der Waals surface area (Å²) in [4.78, 5) is 17.3. The molecule has 2 heterocycles. The molecule has 1 amide bonds. The first-order valence-electron chi connectivity index (χ1n) is 10.8. The van der Waals surface area contributed by atoms with Crippen LogP contribution in [0.15, 0.2) is 42.5 Å². The number of ether oxygens (including phenoxy) is 1. The van der Waals surface area contributed by atoms with Crippen molar-refractivity contribution >= 4 is 11.6 Å². The minimum atomic E-state index is -0.287. The second kappa shape index (κ2) is 9.58. The highest BCUT2D eigenvalue weighted by molar-refractivity contribution is 5.78. The molecule has 160 valence electrons. The summed E-state index contributed by atoms with van der Waals surface area (Å²) in [6.45, 7) is 4.79. The van der Waals surface area contributed by atoms with Gasteiger partial charge in [0.1, 0.15) is 5.82 Å². The lowest BCUT2D eigenvalue weighted by Crippen LogP contribution is -2.44. The highest BCUT2D eigenvalue weighted by atomic mass is 19.1. The average molecular weight is 412 g/mol. The molecule has 2 aliphatic heterocycles. The van der Waals surface area contributed by atoms with E-state index in [4.69, 9.17) is 4.74 Å². The van der Waals surface area contributed by atoms with Crippen molar-refractivity contribution in [2.75, 3.05) is 51.3 Å². The maximum atomic E-state index is 13.1. The van der Waals surface area contributed by atoms with Crippen LogP contribution in [0.25, 0.3) is 0 Å². The highest BCUT2D eigenvalue weighted by Crippen LogP contribution is 2.30. The Kier molecular flexibility index (Phi) is 6.65. The molecule has 1 atom stereocenters.